The van der Waals surface area contributed by atoms with E-state index in [0.29, 0.717) is 5.56 Å². The van der Waals surface area contributed by atoms with Crippen molar-refractivity contribution >= 4 is 27.8 Å². The fourth-order valence-corrected chi connectivity index (χ4v) is 2.05. The first-order valence-corrected chi connectivity index (χ1v) is 5.46. The lowest BCUT2D eigenvalue weighted by atomic mass is 10.0. The molecule has 86 valence electrons. The van der Waals surface area contributed by atoms with E-state index >= 15 is 0 Å². The predicted octanol–water partition coefficient (Wildman–Crippen LogP) is 2.02. The lowest BCUT2D eigenvalue weighted by Crippen LogP contribution is -2.32. The summed E-state index contributed by atoms with van der Waals surface area (Å²) in [5, 5.41) is 11.4. The molecule has 16 heavy (non-hydrogen) atoms. The molecule has 0 fully saturated rings. The number of carboxylic acids is 1. The van der Waals surface area contributed by atoms with Crippen molar-refractivity contribution in [1.29, 1.82) is 0 Å². The van der Waals surface area contributed by atoms with Gasteiger partial charge in [0.2, 0.25) is 5.91 Å². The van der Waals surface area contributed by atoms with E-state index in [-0.39, 0.29) is 5.91 Å². The van der Waals surface area contributed by atoms with E-state index in [1.807, 2.05) is 13.0 Å². The fraction of sp³-hybridized carbons (Fsp3) is 0.273. The Hall–Kier alpha value is -1.36. The van der Waals surface area contributed by atoms with Crippen molar-refractivity contribution in [3.63, 3.8) is 0 Å². The Morgan fingerprint density at radius 2 is 2.00 bits per heavy atom. The van der Waals surface area contributed by atoms with Crippen molar-refractivity contribution in [1.82, 2.24) is 5.32 Å². The first-order valence-electron chi connectivity index (χ1n) is 4.67. The number of carbonyl (C=O) groups excluding carboxylic acids is 1. The smallest absolute Gasteiger partial charge is 0.330 e. The van der Waals surface area contributed by atoms with Gasteiger partial charge in [0.25, 0.3) is 0 Å². The topological polar surface area (TPSA) is 66.4 Å². The van der Waals surface area contributed by atoms with E-state index in [1.54, 1.807) is 12.1 Å². The number of benzene rings is 1. The predicted molar refractivity (Wildman–Crippen MR) is 63.1 cm³/mol. The van der Waals surface area contributed by atoms with Gasteiger partial charge in [-0.05, 0) is 30.2 Å². The maximum absolute atomic E-state index is 11.0. The molecule has 1 aromatic carbocycles. The van der Waals surface area contributed by atoms with Crippen molar-refractivity contribution in [2.24, 2.45) is 0 Å². The summed E-state index contributed by atoms with van der Waals surface area (Å²) in [6, 6.07) is 4.28. The second-order valence-electron chi connectivity index (χ2n) is 3.53. The van der Waals surface area contributed by atoms with E-state index in [0.717, 1.165) is 10.0 Å². The van der Waals surface area contributed by atoms with Crippen molar-refractivity contribution in [2.75, 3.05) is 0 Å². The maximum atomic E-state index is 11.0. The summed E-state index contributed by atoms with van der Waals surface area (Å²) >= 11 is 3.29. The van der Waals surface area contributed by atoms with Crippen LogP contribution < -0.4 is 5.32 Å². The van der Waals surface area contributed by atoms with Crippen molar-refractivity contribution in [2.45, 2.75) is 19.9 Å². The highest BCUT2D eigenvalue weighted by molar-refractivity contribution is 9.10. The molecule has 2 N–H and O–H groups in total. The molecule has 0 spiro atoms. The first kappa shape index (κ1) is 12.7. The fourth-order valence-electron chi connectivity index (χ4n) is 1.42. The van der Waals surface area contributed by atoms with E-state index in [1.165, 1.54) is 6.92 Å². The molecule has 0 aliphatic rings. The number of aliphatic carboxylic acids is 1. The third-order valence-corrected chi connectivity index (χ3v) is 2.45. The van der Waals surface area contributed by atoms with Crippen LogP contribution in [-0.4, -0.2) is 17.0 Å². The van der Waals surface area contributed by atoms with Gasteiger partial charge in [-0.15, -0.1) is 0 Å². The van der Waals surface area contributed by atoms with Gasteiger partial charge in [-0.3, -0.25) is 4.79 Å². The molecular formula is C11H12BrNO3. The van der Waals surface area contributed by atoms with Crippen molar-refractivity contribution < 1.29 is 14.7 Å². The van der Waals surface area contributed by atoms with Crippen molar-refractivity contribution in [3.8, 4) is 0 Å². The second kappa shape index (κ2) is 5.12. The van der Waals surface area contributed by atoms with Crippen LogP contribution >= 0.6 is 15.9 Å². The molecule has 1 rings (SSSR count). The number of carboxylic acid groups (broad SMARTS) is 1. The molecule has 0 radical (unpaired) electrons. The van der Waals surface area contributed by atoms with Gasteiger partial charge in [0, 0.05) is 11.4 Å². The SMILES string of the molecule is CC(=O)NC(C(=O)O)c1cc(C)cc(Br)c1. The number of hydrogen-bond donors (Lipinski definition) is 2. The van der Waals surface area contributed by atoms with Crippen LogP contribution in [0.3, 0.4) is 0 Å². The number of rotatable bonds is 3. The molecular weight excluding hydrogens is 274 g/mol. The van der Waals surface area contributed by atoms with Crippen LogP contribution in [0.2, 0.25) is 0 Å². The molecule has 1 amide bonds. The van der Waals surface area contributed by atoms with E-state index in [4.69, 9.17) is 5.11 Å². The third-order valence-electron chi connectivity index (χ3n) is 1.99. The van der Waals surface area contributed by atoms with Crippen LogP contribution in [0.25, 0.3) is 0 Å². The monoisotopic (exact) mass is 285 g/mol. The minimum atomic E-state index is -1.08. The van der Waals surface area contributed by atoms with Crippen LogP contribution in [-0.2, 0) is 9.59 Å². The van der Waals surface area contributed by atoms with Gasteiger partial charge in [0.1, 0.15) is 0 Å². The average Bonchev–Trinajstić information content (AvgIpc) is 2.11. The molecule has 0 saturated carbocycles. The summed E-state index contributed by atoms with van der Waals surface area (Å²) in [5.41, 5.74) is 1.48. The molecule has 0 bridgehead atoms. The minimum absolute atomic E-state index is 0.370. The largest absolute Gasteiger partial charge is 0.479 e. The molecule has 4 nitrogen and oxygen atoms in total. The normalized spacial score (nSPS) is 11.9. The average molecular weight is 286 g/mol. The van der Waals surface area contributed by atoms with Gasteiger partial charge in [0.05, 0.1) is 0 Å². The standard InChI is InChI=1S/C11H12BrNO3/c1-6-3-8(5-9(12)4-6)10(11(15)16)13-7(2)14/h3-5,10H,1-2H3,(H,13,14)(H,15,16). The Balaban J connectivity index is 3.10. The summed E-state index contributed by atoms with van der Waals surface area (Å²) < 4.78 is 0.791. The molecule has 1 aromatic rings. The van der Waals surface area contributed by atoms with Crippen LogP contribution in [0.1, 0.15) is 24.1 Å². The molecule has 0 aromatic heterocycles. The molecule has 5 heteroatoms. The highest BCUT2D eigenvalue weighted by Gasteiger charge is 2.20. The molecule has 0 heterocycles. The third kappa shape index (κ3) is 3.34. The Morgan fingerprint density at radius 3 is 2.44 bits per heavy atom. The van der Waals surface area contributed by atoms with Gasteiger partial charge in [-0.25, -0.2) is 4.79 Å². The Morgan fingerprint density at radius 1 is 1.38 bits per heavy atom. The number of amides is 1. The van der Waals surface area contributed by atoms with Crippen molar-refractivity contribution in [3.05, 3.63) is 33.8 Å². The van der Waals surface area contributed by atoms with E-state index < -0.39 is 12.0 Å². The Labute approximate surface area is 102 Å². The zero-order chi connectivity index (χ0) is 12.3. The van der Waals surface area contributed by atoms with E-state index in [9.17, 15) is 9.59 Å². The number of aryl methyl sites for hydroxylation is 1. The number of carbonyl (C=O) groups is 2. The molecule has 0 aliphatic carbocycles. The Kier molecular flexibility index (Phi) is 4.06. The first-order chi connectivity index (χ1) is 7.40. The summed E-state index contributed by atoms with van der Waals surface area (Å²) in [5.74, 6) is -1.45. The maximum Gasteiger partial charge on any atom is 0.330 e. The molecule has 0 aliphatic heterocycles. The van der Waals surface area contributed by atoms with Crippen LogP contribution in [0.15, 0.2) is 22.7 Å². The number of nitrogens with one attached hydrogen (secondary N) is 1. The molecule has 0 saturated heterocycles. The lowest BCUT2D eigenvalue weighted by Gasteiger charge is -2.14. The summed E-state index contributed by atoms with van der Waals surface area (Å²) in [6.07, 6.45) is 0. The molecule has 1 atom stereocenters. The summed E-state index contributed by atoms with van der Waals surface area (Å²) in [7, 11) is 0. The number of halogens is 1. The van der Waals surface area contributed by atoms with Gasteiger partial charge in [0.15, 0.2) is 6.04 Å². The van der Waals surface area contributed by atoms with Gasteiger partial charge < -0.3 is 10.4 Å². The van der Waals surface area contributed by atoms with Gasteiger partial charge in [-0.1, -0.05) is 22.0 Å². The lowest BCUT2D eigenvalue weighted by molar-refractivity contribution is -0.141. The Bertz CT molecular complexity index is 411. The highest BCUT2D eigenvalue weighted by Crippen LogP contribution is 2.21. The zero-order valence-electron chi connectivity index (χ0n) is 8.95. The zero-order valence-corrected chi connectivity index (χ0v) is 10.5. The summed E-state index contributed by atoms with van der Waals surface area (Å²) in [4.78, 5) is 21.9. The highest BCUT2D eigenvalue weighted by atomic mass is 79.9. The summed E-state index contributed by atoms with van der Waals surface area (Å²) in [6.45, 7) is 3.15. The van der Waals surface area contributed by atoms with Gasteiger partial charge in [-0.2, -0.15) is 0 Å². The quantitative estimate of drug-likeness (QED) is 0.893. The number of hydrogen-bond acceptors (Lipinski definition) is 2. The van der Waals surface area contributed by atoms with Crippen LogP contribution in [0.4, 0.5) is 0 Å². The molecule has 1 unspecified atom stereocenters. The van der Waals surface area contributed by atoms with Crippen LogP contribution in [0.5, 0.6) is 0 Å². The van der Waals surface area contributed by atoms with Crippen LogP contribution in [0, 0.1) is 6.92 Å². The minimum Gasteiger partial charge on any atom is -0.479 e. The van der Waals surface area contributed by atoms with Gasteiger partial charge >= 0.3 is 5.97 Å². The van der Waals surface area contributed by atoms with E-state index in [2.05, 4.69) is 21.2 Å². The second-order valence-corrected chi connectivity index (χ2v) is 4.45.